The molecule has 1 unspecified atom stereocenters. The smallest absolute Gasteiger partial charge is 0.225 e. The molecule has 1 saturated heterocycles. The highest BCUT2D eigenvalue weighted by Crippen LogP contribution is 2.20. The van der Waals surface area contributed by atoms with Gasteiger partial charge in [0.1, 0.15) is 0 Å². The van der Waals surface area contributed by atoms with Crippen molar-refractivity contribution in [2.24, 2.45) is 17.6 Å². The molecule has 1 fully saturated rings. The van der Waals surface area contributed by atoms with E-state index in [9.17, 15) is 9.59 Å². The molecule has 0 saturated carbocycles. The average Bonchev–Trinajstić information content (AvgIpc) is 2.70. The Labute approximate surface area is 163 Å². The van der Waals surface area contributed by atoms with Gasteiger partial charge in [0.05, 0.1) is 0 Å². The Kier molecular flexibility index (Phi) is 8.29. The van der Waals surface area contributed by atoms with E-state index in [4.69, 9.17) is 5.73 Å². The largest absolute Gasteiger partial charge is 0.345 e. The molecule has 27 heavy (non-hydrogen) atoms. The molecule has 2 amide bonds. The number of carbonyl (C=O) groups is 2. The second-order valence-electron chi connectivity index (χ2n) is 8.10. The molecular formula is C22H35N3O2. The number of carbonyl (C=O) groups excluding carboxylic acids is 2. The summed E-state index contributed by atoms with van der Waals surface area (Å²) >= 11 is 0. The first kappa shape index (κ1) is 21.4. The van der Waals surface area contributed by atoms with Gasteiger partial charge in [0.2, 0.25) is 11.8 Å². The molecule has 2 N–H and O–H groups in total. The number of rotatable bonds is 8. The Balaban J connectivity index is 1.72. The van der Waals surface area contributed by atoms with Gasteiger partial charge >= 0.3 is 0 Å². The number of aryl methyl sites for hydroxylation is 1. The van der Waals surface area contributed by atoms with Crippen LogP contribution in [0.25, 0.3) is 0 Å². The molecule has 1 aromatic carbocycles. The predicted octanol–water partition coefficient (Wildman–Crippen LogP) is 2.69. The summed E-state index contributed by atoms with van der Waals surface area (Å²) in [5.41, 5.74) is 7.28. The van der Waals surface area contributed by atoms with Crippen LogP contribution >= 0.6 is 0 Å². The maximum Gasteiger partial charge on any atom is 0.225 e. The van der Waals surface area contributed by atoms with Crippen LogP contribution in [-0.2, 0) is 16.0 Å². The van der Waals surface area contributed by atoms with Gasteiger partial charge in [-0.15, -0.1) is 0 Å². The SMILES string of the molecule is CC(C)C(N)CCN(C)C(=O)C1CCN(C(=O)CCc2ccccc2)CC1. The molecule has 2 rings (SSSR count). The van der Waals surface area contributed by atoms with Crippen LogP contribution in [0.5, 0.6) is 0 Å². The summed E-state index contributed by atoms with van der Waals surface area (Å²) in [5, 5.41) is 0. The van der Waals surface area contributed by atoms with Crippen LogP contribution in [0.2, 0.25) is 0 Å². The van der Waals surface area contributed by atoms with Gasteiger partial charge in [-0.2, -0.15) is 0 Å². The molecule has 1 aliphatic heterocycles. The normalized spacial score (nSPS) is 16.4. The van der Waals surface area contributed by atoms with E-state index in [0.29, 0.717) is 32.0 Å². The molecule has 0 aromatic heterocycles. The quantitative estimate of drug-likeness (QED) is 0.762. The molecule has 150 valence electrons. The van der Waals surface area contributed by atoms with Gasteiger partial charge in [-0.3, -0.25) is 9.59 Å². The van der Waals surface area contributed by atoms with E-state index in [2.05, 4.69) is 26.0 Å². The third kappa shape index (κ3) is 6.65. The van der Waals surface area contributed by atoms with Crippen molar-refractivity contribution in [1.82, 2.24) is 9.80 Å². The topological polar surface area (TPSA) is 66.6 Å². The van der Waals surface area contributed by atoms with Crippen LogP contribution in [0, 0.1) is 11.8 Å². The van der Waals surface area contributed by atoms with Crippen LogP contribution in [0.4, 0.5) is 0 Å². The lowest BCUT2D eigenvalue weighted by Crippen LogP contribution is -2.44. The second-order valence-corrected chi connectivity index (χ2v) is 8.10. The van der Waals surface area contributed by atoms with Gasteiger partial charge < -0.3 is 15.5 Å². The Morgan fingerprint density at radius 1 is 1.19 bits per heavy atom. The zero-order valence-electron chi connectivity index (χ0n) is 17.1. The second kappa shape index (κ2) is 10.5. The fourth-order valence-corrected chi connectivity index (χ4v) is 3.53. The molecule has 0 radical (unpaired) electrons. The van der Waals surface area contributed by atoms with Crippen molar-refractivity contribution in [3.63, 3.8) is 0 Å². The van der Waals surface area contributed by atoms with Crippen molar-refractivity contribution in [3.05, 3.63) is 35.9 Å². The third-order valence-corrected chi connectivity index (χ3v) is 5.70. The van der Waals surface area contributed by atoms with Gasteiger partial charge in [-0.1, -0.05) is 44.2 Å². The minimum Gasteiger partial charge on any atom is -0.345 e. The molecule has 0 bridgehead atoms. The van der Waals surface area contributed by atoms with Crippen molar-refractivity contribution >= 4 is 11.8 Å². The van der Waals surface area contributed by atoms with E-state index in [0.717, 1.165) is 25.7 Å². The zero-order chi connectivity index (χ0) is 19.8. The van der Waals surface area contributed by atoms with Gasteiger partial charge in [0.15, 0.2) is 0 Å². The van der Waals surface area contributed by atoms with E-state index in [1.807, 2.05) is 35.0 Å². The van der Waals surface area contributed by atoms with Crippen molar-refractivity contribution in [2.75, 3.05) is 26.7 Å². The van der Waals surface area contributed by atoms with Crippen molar-refractivity contribution in [3.8, 4) is 0 Å². The van der Waals surface area contributed by atoms with E-state index in [1.54, 1.807) is 0 Å². The van der Waals surface area contributed by atoms with Crippen LogP contribution in [0.3, 0.4) is 0 Å². The van der Waals surface area contributed by atoms with E-state index >= 15 is 0 Å². The number of amides is 2. The van der Waals surface area contributed by atoms with E-state index < -0.39 is 0 Å². The number of nitrogens with two attached hydrogens (primary N) is 1. The predicted molar refractivity (Wildman–Crippen MR) is 109 cm³/mol. The molecule has 5 heteroatoms. The highest BCUT2D eigenvalue weighted by atomic mass is 16.2. The van der Waals surface area contributed by atoms with Gasteiger partial charge in [0, 0.05) is 45.1 Å². The van der Waals surface area contributed by atoms with Gasteiger partial charge in [0.25, 0.3) is 0 Å². The first-order valence-electron chi connectivity index (χ1n) is 10.2. The minimum absolute atomic E-state index is 0.0310. The van der Waals surface area contributed by atoms with Crippen LogP contribution < -0.4 is 5.73 Å². The summed E-state index contributed by atoms with van der Waals surface area (Å²) in [7, 11) is 1.87. The number of hydrogen-bond acceptors (Lipinski definition) is 3. The summed E-state index contributed by atoms with van der Waals surface area (Å²) in [4.78, 5) is 28.8. The molecular weight excluding hydrogens is 338 g/mol. The van der Waals surface area contributed by atoms with Crippen molar-refractivity contribution in [2.45, 2.75) is 52.0 Å². The first-order valence-corrected chi connectivity index (χ1v) is 10.2. The fraction of sp³-hybridized carbons (Fsp3) is 0.636. The van der Waals surface area contributed by atoms with Crippen LogP contribution in [0.1, 0.15) is 45.1 Å². The lowest BCUT2D eigenvalue weighted by atomic mass is 9.94. The standard InChI is InChI=1S/C22H35N3O2/c1-17(2)20(23)13-14-24(3)22(27)19-11-15-25(16-12-19)21(26)10-9-18-7-5-4-6-8-18/h4-8,17,19-20H,9-16,23H2,1-3H3. The monoisotopic (exact) mass is 373 g/mol. The first-order chi connectivity index (χ1) is 12.9. The van der Waals surface area contributed by atoms with Gasteiger partial charge in [-0.25, -0.2) is 0 Å². The van der Waals surface area contributed by atoms with E-state index in [-0.39, 0.29) is 23.8 Å². The van der Waals surface area contributed by atoms with Gasteiger partial charge in [-0.05, 0) is 37.2 Å². The maximum atomic E-state index is 12.6. The Morgan fingerprint density at radius 2 is 1.81 bits per heavy atom. The lowest BCUT2D eigenvalue weighted by Gasteiger charge is -2.33. The number of nitrogens with zero attached hydrogens (tertiary/aromatic N) is 2. The highest BCUT2D eigenvalue weighted by Gasteiger charge is 2.29. The Morgan fingerprint density at radius 3 is 2.41 bits per heavy atom. The summed E-state index contributed by atoms with van der Waals surface area (Å²) in [6, 6.07) is 10.2. The molecule has 1 atom stereocenters. The Bertz CT molecular complexity index is 595. The van der Waals surface area contributed by atoms with Crippen molar-refractivity contribution < 1.29 is 9.59 Å². The Hall–Kier alpha value is -1.88. The van der Waals surface area contributed by atoms with Crippen LogP contribution in [0.15, 0.2) is 30.3 Å². The molecule has 1 aromatic rings. The molecule has 5 nitrogen and oxygen atoms in total. The third-order valence-electron chi connectivity index (χ3n) is 5.70. The molecule has 1 aliphatic rings. The average molecular weight is 374 g/mol. The summed E-state index contributed by atoms with van der Waals surface area (Å²) in [6.45, 7) is 6.29. The summed E-state index contributed by atoms with van der Waals surface area (Å²) in [6.07, 6.45) is 3.66. The fourth-order valence-electron chi connectivity index (χ4n) is 3.53. The maximum absolute atomic E-state index is 12.6. The number of hydrogen-bond donors (Lipinski definition) is 1. The van der Waals surface area contributed by atoms with Crippen LogP contribution in [-0.4, -0.2) is 54.3 Å². The molecule has 1 heterocycles. The number of benzene rings is 1. The number of piperidine rings is 1. The molecule has 0 spiro atoms. The van der Waals surface area contributed by atoms with Crippen molar-refractivity contribution in [1.29, 1.82) is 0 Å². The highest BCUT2D eigenvalue weighted by molar-refractivity contribution is 5.80. The lowest BCUT2D eigenvalue weighted by molar-refractivity contribution is -0.139. The number of likely N-dealkylation sites (tertiary alicyclic amines) is 1. The molecule has 0 aliphatic carbocycles. The summed E-state index contributed by atoms with van der Waals surface area (Å²) < 4.78 is 0. The zero-order valence-corrected chi connectivity index (χ0v) is 17.1. The minimum atomic E-state index is 0.0310. The summed E-state index contributed by atoms with van der Waals surface area (Å²) in [5.74, 6) is 0.852. The van der Waals surface area contributed by atoms with E-state index in [1.165, 1.54) is 5.56 Å².